The molecule has 5 rings (SSSR count). The van der Waals surface area contributed by atoms with Crippen LogP contribution in [0.5, 0.6) is 5.75 Å². The summed E-state index contributed by atoms with van der Waals surface area (Å²) in [7, 11) is 0. The van der Waals surface area contributed by atoms with Gasteiger partial charge in [0.05, 0.1) is 24.5 Å². The van der Waals surface area contributed by atoms with Crippen LogP contribution in [0.25, 0.3) is 0 Å². The normalized spacial score (nSPS) is 20.4. The number of carbonyl (C=O) groups excluding carboxylic acids is 1. The second-order valence-electron chi connectivity index (χ2n) is 8.96. The van der Waals surface area contributed by atoms with E-state index in [2.05, 4.69) is 16.0 Å². The van der Waals surface area contributed by atoms with Gasteiger partial charge in [0.1, 0.15) is 18.5 Å². The van der Waals surface area contributed by atoms with Crippen LogP contribution in [-0.2, 0) is 26.6 Å². The van der Waals surface area contributed by atoms with Gasteiger partial charge < -0.3 is 34.1 Å². The maximum absolute atomic E-state index is 11.6. The Morgan fingerprint density at radius 3 is 2.56 bits per heavy atom. The summed E-state index contributed by atoms with van der Waals surface area (Å²) in [6.07, 6.45) is 4.97. The van der Waals surface area contributed by atoms with Crippen LogP contribution in [0.1, 0.15) is 12.5 Å². The van der Waals surface area contributed by atoms with Gasteiger partial charge in [-0.2, -0.15) is 0 Å². The van der Waals surface area contributed by atoms with E-state index >= 15 is 0 Å². The highest BCUT2D eigenvalue weighted by Crippen LogP contribution is 2.40. The molecule has 0 aliphatic carbocycles. The fourth-order valence-corrected chi connectivity index (χ4v) is 5.17. The van der Waals surface area contributed by atoms with Crippen molar-refractivity contribution < 1.29 is 24.5 Å². The molecule has 39 heavy (non-hydrogen) atoms. The lowest BCUT2D eigenvalue weighted by Crippen LogP contribution is -2.48. The van der Waals surface area contributed by atoms with Gasteiger partial charge >= 0.3 is 0 Å². The Morgan fingerprint density at radius 1 is 1.13 bits per heavy atom. The van der Waals surface area contributed by atoms with Crippen LogP contribution >= 0.6 is 57.2 Å². The van der Waals surface area contributed by atoms with Crippen LogP contribution in [0.4, 0.5) is 5.69 Å². The number of piperazine rings is 1. The Balaban J connectivity index is 0.00000178. The molecular weight excluding hydrogens is 679 g/mol. The number of hydrogen-bond acceptors (Lipinski definition) is 6. The molecule has 3 heterocycles. The summed E-state index contributed by atoms with van der Waals surface area (Å²) >= 11 is 12.7. The van der Waals surface area contributed by atoms with Crippen molar-refractivity contribution in [2.24, 2.45) is 0 Å². The number of hydrogen-bond donors (Lipinski definition) is 0. The molecule has 2 aliphatic heterocycles. The van der Waals surface area contributed by atoms with E-state index in [0.717, 1.165) is 37.6 Å². The van der Waals surface area contributed by atoms with Crippen LogP contribution in [0.3, 0.4) is 0 Å². The fourth-order valence-electron chi connectivity index (χ4n) is 4.61. The van der Waals surface area contributed by atoms with Crippen molar-refractivity contribution in [3.63, 3.8) is 0 Å². The second-order valence-corrected chi connectivity index (χ2v) is 9.81. The molecule has 0 spiro atoms. The highest BCUT2D eigenvalue weighted by molar-refractivity contribution is 8.93. The number of rotatable bonds is 7. The molecule has 1 amide bonds. The molecule has 0 radical (unpaired) electrons. The van der Waals surface area contributed by atoms with Gasteiger partial charge in [-0.15, -0.1) is 34.0 Å². The largest absolute Gasteiger partial charge is 0.491 e. The van der Waals surface area contributed by atoms with Crippen LogP contribution < -0.4 is 9.64 Å². The Kier molecular flexibility index (Phi) is 12.6. The molecule has 13 heteroatoms. The standard InChI is InChI=1S/C26H28Cl2N4O4.2BrH.H2O/c1-19(33)31-9-11-32(12-10-31)21-3-2-4-22(14-21)34-15-23-16-35-26(36-23,17-30-8-7-29-18-30)24-6-5-20(27)13-25(24)28;;;/h2-8,13-14,18,23H,9-12,15-17H2,1H3;2*1H;1H2/t23-,26-;;;/m1.../s1. The van der Waals surface area contributed by atoms with Gasteiger partial charge in [-0.25, -0.2) is 4.98 Å². The number of anilines is 1. The molecule has 2 saturated heterocycles. The summed E-state index contributed by atoms with van der Waals surface area (Å²) in [5.74, 6) is -0.217. The first kappa shape index (κ1) is 33.3. The van der Waals surface area contributed by atoms with Crippen LogP contribution in [-0.4, -0.2) is 71.3 Å². The zero-order chi connectivity index (χ0) is 25.1. The number of nitrogens with zero attached hydrogens (tertiary/aromatic N) is 4. The van der Waals surface area contributed by atoms with Gasteiger partial charge in [0.25, 0.3) is 0 Å². The lowest BCUT2D eigenvalue weighted by atomic mass is 10.1. The highest BCUT2D eigenvalue weighted by atomic mass is 79.9. The number of amides is 1. The monoisotopic (exact) mass is 708 g/mol. The minimum Gasteiger partial charge on any atom is -0.491 e. The molecule has 0 bridgehead atoms. The number of aromatic nitrogens is 2. The molecule has 1 aromatic heterocycles. The van der Waals surface area contributed by atoms with E-state index in [-0.39, 0.29) is 51.5 Å². The first-order chi connectivity index (χ1) is 17.4. The average Bonchev–Trinajstić information content (AvgIpc) is 3.54. The first-order valence-corrected chi connectivity index (χ1v) is 12.6. The summed E-state index contributed by atoms with van der Waals surface area (Å²) in [5.41, 5.74) is 1.78. The lowest BCUT2D eigenvalue weighted by Gasteiger charge is -2.35. The molecule has 2 aliphatic rings. The zero-order valence-corrected chi connectivity index (χ0v) is 26.2. The molecule has 2 atom stereocenters. The first-order valence-electron chi connectivity index (χ1n) is 11.9. The van der Waals surface area contributed by atoms with Gasteiger partial charge in [0.2, 0.25) is 11.7 Å². The SMILES string of the molecule is Br.Br.CC(=O)N1CCN(c2cccc(OC[C@@H]3CO[C@@](Cn4ccnc4)(c4ccc(Cl)cc4Cl)O3)c2)CC1.O. The number of imidazole rings is 1. The predicted molar refractivity (Wildman–Crippen MR) is 162 cm³/mol. The van der Waals surface area contributed by atoms with Gasteiger partial charge in [-0.3, -0.25) is 4.79 Å². The zero-order valence-electron chi connectivity index (χ0n) is 21.3. The van der Waals surface area contributed by atoms with E-state index in [4.69, 9.17) is 37.4 Å². The van der Waals surface area contributed by atoms with Crippen molar-refractivity contribution in [2.45, 2.75) is 25.4 Å². The van der Waals surface area contributed by atoms with Crippen molar-refractivity contribution in [1.82, 2.24) is 14.5 Å². The number of carbonyl (C=O) groups is 1. The van der Waals surface area contributed by atoms with Crippen molar-refractivity contribution in [3.8, 4) is 5.75 Å². The molecule has 3 aromatic rings. The van der Waals surface area contributed by atoms with Crippen LogP contribution in [0.2, 0.25) is 10.0 Å². The second kappa shape index (κ2) is 14.7. The molecule has 214 valence electrons. The van der Waals surface area contributed by atoms with E-state index in [9.17, 15) is 4.79 Å². The van der Waals surface area contributed by atoms with Gasteiger partial charge in [0, 0.05) is 67.8 Å². The smallest absolute Gasteiger partial charge is 0.219 e. The fraction of sp³-hybridized carbons (Fsp3) is 0.385. The summed E-state index contributed by atoms with van der Waals surface area (Å²) in [5, 5.41) is 1.02. The van der Waals surface area contributed by atoms with E-state index in [1.807, 2.05) is 39.9 Å². The molecule has 0 unspecified atom stereocenters. The van der Waals surface area contributed by atoms with E-state index < -0.39 is 5.79 Å². The lowest BCUT2D eigenvalue weighted by molar-refractivity contribution is -0.189. The Bertz CT molecular complexity index is 1210. The molecule has 9 nitrogen and oxygen atoms in total. The summed E-state index contributed by atoms with van der Waals surface area (Å²) < 4.78 is 20.7. The predicted octanol–water partition coefficient (Wildman–Crippen LogP) is 4.54. The van der Waals surface area contributed by atoms with Crippen LogP contribution in [0, 0.1) is 0 Å². The van der Waals surface area contributed by atoms with E-state index in [0.29, 0.717) is 35.4 Å². The highest BCUT2D eigenvalue weighted by Gasteiger charge is 2.45. The van der Waals surface area contributed by atoms with Crippen molar-refractivity contribution in [3.05, 3.63) is 76.8 Å². The number of halogens is 4. The van der Waals surface area contributed by atoms with Crippen molar-refractivity contribution >= 4 is 68.8 Å². The Labute approximate surface area is 258 Å². The molecule has 2 N–H and O–H groups in total. The van der Waals surface area contributed by atoms with Gasteiger partial charge in [0.15, 0.2) is 0 Å². The molecule has 2 fully saturated rings. The number of benzene rings is 2. The van der Waals surface area contributed by atoms with Gasteiger partial charge in [-0.05, 0) is 24.3 Å². The topological polar surface area (TPSA) is 101 Å². The number of ether oxygens (including phenoxy) is 3. The third-order valence-corrected chi connectivity index (χ3v) is 7.04. The van der Waals surface area contributed by atoms with Gasteiger partial charge in [-0.1, -0.05) is 35.3 Å². The summed E-state index contributed by atoms with van der Waals surface area (Å²) in [6, 6.07) is 13.3. The van der Waals surface area contributed by atoms with Crippen LogP contribution in [0.15, 0.2) is 61.2 Å². The molecular formula is C26H32Br2Cl2N4O5. The average molecular weight is 711 g/mol. The van der Waals surface area contributed by atoms with Crippen molar-refractivity contribution in [1.29, 1.82) is 0 Å². The Hall–Kier alpha value is -1.86. The van der Waals surface area contributed by atoms with Crippen molar-refractivity contribution in [2.75, 3.05) is 44.3 Å². The Morgan fingerprint density at radius 2 is 1.90 bits per heavy atom. The summed E-state index contributed by atoms with van der Waals surface area (Å²) in [4.78, 5) is 19.9. The third-order valence-electron chi connectivity index (χ3n) is 6.49. The minimum atomic E-state index is -1.09. The maximum Gasteiger partial charge on any atom is 0.219 e. The van der Waals surface area contributed by atoms with E-state index in [1.54, 1.807) is 31.6 Å². The molecule has 2 aromatic carbocycles. The summed E-state index contributed by atoms with van der Waals surface area (Å²) in [6.45, 7) is 5.69. The third kappa shape index (κ3) is 7.87. The quantitative estimate of drug-likeness (QED) is 0.357. The van der Waals surface area contributed by atoms with E-state index in [1.165, 1.54) is 0 Å². The maximum atomic E-state index is 11.6. The minimum absolute atomic E-state index is 0. The molecule has 0 saturated carbocycles.